The summed E-state index contributed by atoms with van der Waals surface area (Å²) in [6.45, 7) is 11.2. The van der Waals surface area contributed by atoms with Crippen LogP contribution in [0.3, 0.4) is 0 Å². The first-order valence-electron chi connectivity index (χ1n) is 10.4. The molecule has 0 radical (unpaired) electrons. The number of ether oxygens (including phenoxy) is 1. The SMILES string of the molecule is CCCCNC(=O)C(c1cccc(O)c1)N(CC)C(=O)C(C)NC(=O)OC(C)(C)C. The number of nitrogens with one attached hydrogen (secondary N) is 2. The zero-order valence-corrected chi connectivity index (χ0v) is 18.8. The number of carbonyl (C=O) groups is 3. The fourth-order valence-electron chi connectivity index (χ4n) is 2.91. The predicted octanol–water partition coefficient (Wildman–Crippen LogP) is 3.11. The Labute approximate surface area is 179 Å². The van der Waals surface area contributed by atoms with E-state index in [1.165, 1.54) is 17.0 Å². The highest BCUT2D eigenvalue weighted by molar-refractivity contribution is 5.92. The number of phenolic OH excluding ortho intramolecular Hbond substituents is 1. The molecule has 2 unspecified atom stereocenters. The van der Waals surface area contributed by atoms with Crippen LogP contribution in [0, 0.1) is 0 Å². The molecule has 0 saturated heterocycles. The molecule has 0 aliphatic carbocycles. The smallest absolute Gasteiger partial charge is 0.408 e. The van der Waals surface area contributed by atoms with Crippen molar-refractivity contribution in [3.63, 3.8) is 0 Å². The van der Waals surface area contributed by atoms with Crippen molar-refractivity contribution in [3.05, 3.63) is 29.8 Å². The van der Waals surface area contributed by atoms with Gasteiger partial charge >= 0.3 is 6.09 Å². The number of hydrogen-bond acceptors (Lipinski definition) is 5. The van der Waals surface area contributed by atoms with Crippen molar-refractivity contribution in [2.75, 3.05) is 13.1 Å². The Kier molecular flexibility index (Phi) is 9.62. The van der Waals surface area contributed by atoms with Crippen LogP contribution in [0.4, 0.5) is 4.79 Å². The highest BCUT2D eigenvalue weighted by Gasteiger charge is 2.33. The summed E-state index contributed by atoms with van der Waals surface area (Å²) in [7, 11) is 0. The van der Waals surface area contributed by atoms with E-state index in [2.05, 4.69) is 10.6 Å². The van der Waals surface area contributed by atoms with Crippen LogP contribution in [0.25, 0.3) is 0 Å². The first-order valence-corrected chi connectivity index (χ1v) is 10.4. The van der Waals surface area contributed by atoms with Gasteiger partial charge in [0.05, 0.1) is 0 Å². The number of aromatic hydroxyl groups is 1. The van der Waals surface area contributed by atoms with Gasteiger partial charge in [0.2, 0.25) is 11.8 Å². The lowest BCUT2D eigenvalue weighted by Crippen LogP contribution is -2.51. The molecule has 0 saturated carbocycles. The zero-order valence-electron chi connectivity index (χ0n) is 18.8. The molecule has 168 valence electrons. The molecule has 0 bridgehead atoms. The molecule has 1 aromatic carbocycles. The topological polar surface area (TPSA) is 108 Å². The molecule has 0 spiro atoms. The van der Waals surface area contributed by atoms with Crippen molar-refractivity contribution in [3.8, 4) is 5.75 Å². The minimum atomic E-state index is -0.936. The van der Waals surface area contributed by atoms with Gasteiger partial charge in [0.15, 0.2) is 0 Å². The third-order valence-corrected chi connectivity index (χ3v) is 4.30. The summed E-state index contributed by atoms with van der Waals surface area (Å²) < 4.78 is 5.21. The maximum atomic E-state index is 13.1. The Balaban J connectivity index is 3.10. The van der Waals surface area contributed by atoms with Crippen molar-refractivity contribution < 1.29 is 24.2 Å². The van der Waals surface area contributed by atoms with Crippen LogP contribution in [0.1, 0.15) is 66.0 Å². The molecule has 3 amide bonds. The summed E-state index contributed by atoms with van der Waals surface area (Å²) in [4.78, 5) is 39.5. The van der Waals surface area contributed by atoms with Gasteiger partial charge in [-0.25, -0.2) is 4.79 Å². The molecule has 0 heterocycles. The van der Waals surface area contributed by atoms with E-state index < -0.39 is 29.7 Å². The van der Waals surface area contributed by atoms with E-state index in [0.717, 1.165) is 12.8 Å². The number of rotatable bonds is 9. The second-order valence-electron chi connectivity index (χ2n) is 8.13. The molecule has 1 rings (SSSR count). The minimum absolute atomic E-state index is 0.00212. The minimum Gasteiger partial charge on any atom is -0.508 e. The molecule has 3 N–H and O–H groups in total. The number of carbonyl (C=O) groups excluding carboxylic acids is 3. The standard InChI is InChI=1S/C22H35N3O5/c1-7-9-13-23-19(27)18(16-11-10-12-17(26)14-16)25(8-2)20(28)15(3)24-21(29)30-22(4,5)6/h10-12,14-15,18,26H,7-9,13H2,1-6H3,(H,23,27)(H,24,29). The van der Waals surface area contributed by atoms with Gasteiger partial charge in [0, 0.05) is 13.1 Å². The average molecular weight is 422 g/mol. The van der Waals surface area contributed by atoms with Crippen LogP contribution >= 0.6 is 0 Å². The molecule has 1 aromatic rings. The summed E-state index contributed by atoms with van der Waals surface area (Å²) in [5.41, 5.74) is -0.204. The van der Waals surface area contributed by atoms with Crippen LogP contribution < -0.4 is 10.6 Å². The van der Waals surface area contributed by atoms with Crippen molar-refractivity contribution in [2.45, 2.75) is 72.1 Å². The third kappa shape index (κ3) is 7.93. The van der Waals surface area contributed by atoms with Gasteiger partial charge in [0.1, 0.15) is 23.4 Å². The number of hydrogen-bond donors (Lipinski definition) is 3. The molecule has 30 heavy (non-hydrogen) atoms. The Morgan fingerprint density at radius 2 is 1.87 bits per heavy atom. The maximum Gasteiger partial charge on any atom is 0.408 e. The highest BCUT2D eigenvalue weighted by atomic mass is 16.6. The van der Waals surface area contributed by atoms with Crippen molar-refractivity contribution in [2.24, 2.45) is 0 Å². The highest BCUT2D eigenvalue weighted by Crippen LogP contribution is 2.25. The Bertz CT molecular complexity index is 730. The fraction of sp³-hybridized carbons (Fsp3) is 0.591. The van der Waals surface area contributed by atoms with E-state index in [1.54, 1.807) is 46.8 Å². The quantitative estimate of drug-likeness (QED) is 0.531. The van der Waals surface area contributed by atoms with E-state index in [-0.39, 0.29) is 18.2 Å². The van der Waals surface area contributed by atoms with E-state index in [1.807, 2.05) is 6.92 Å². The third-order valence-electron chi connectivity index (χ3n) is 4.30. The molecule has 8 nitrogen and oxygen atoms in total. The molecule has 0 aromatic heterocycles. The number of phenols is 1. The van der Waals surface area contributed by atoms with E-state index in [4.69, 9.17) is 4.74 Å². The first kappa shape index (κ1) is 25.3. The lowest BCUT2D eigenvalue weighted by molar-refractivity contribution is -0.141. The molecular formula is C22H35N3O5. The van der Waals surface area contributed by atoms with Gasteiger partial charge in [-0.2, -0.15) is 0 Å². The van der Waals surface area contributed by atoms with E-state index in [9.17, 15) is 19.5 Å². The van der Waals surface area contributed by atoms with Gasteiger partial charge in [-0.15, -0.1) is 0 Å². The van der Waals surface area contributed by atoms with Gasteiger partial charge < -0.3 is 25.4 Å². The molecule has 0 aliphatic rings. The van der Waals surface area contributed by atoms with Crippen LogP contribution in [-0.2, 0) is 14.3 Å². The average Bonchev–Trinajstić information content (AvgIpc) is 2.63. The fourth-order valence-corrected chi connectivity index (χ4v) is 2.91. The lowest BCUT2D eigenvalue weighted by Gasteiger charge is -2.32. The van der Waals surface area contributed by atoms with Crippen molar-refractivity contribution in [1.82, 2.24) is 15.5 Å². The van der Waals surface area contributed by atoms with Crippen LogP contribution in [0.2, 0.25) is 0 Å². The Hall–Kier alpha value is -2.77. The molecule has 0 fully saturated rings. The van der Waals surface area contributed by atoms with Gasteiger partial charge in [-0.1, -0.05) is 25.5 Å². The summed E-state index contributed by atoms with van der Waals surface area (Å²) in [6.07, 6.45) is 1.03. The number of benzene rings is 1. The predicted molar refractivity (Wildman–Crippen MR) is 115 cm³/mol. The van der Waals surface area contributed by atoms with E-state index in [0.29, 0.717) is 12.1 Å². The van der Waals surface area contributed by atoms with Crippen LogP contribution in [-0.4, -0.2) is 52.6 Å². The van der Waals surface area contributed by atoms with E-state index >= 15 is 0 Å². The Morgan fingerprint density at radius 3 is 2.40 bits per heavy atom. The number of amides is 3. The second-order valence-corrected chi connectivity index (χ2v) is 8.13. The first-order chi connectivity index (χ1) is 14.0. The van der Waals surface area contributed by atoms with Gasteiger partial charge in [-0.3, -0.25) is 9.59 Å². The number of unbranched alkanes of at least 4 members (excludes halogenated alkanes) is 1. The molecule has 2 atom stereocenters. The molecular weight excluding hydrogens is 386 g/mol. The normalized spacial score (nSPS) is 13.1. The Morgan fingerprint density at radius 1 is 1.20 bits per heavy atom. The monoisotopic (exact) mass is 421 g/mol. The zero-order chi connectivity index (χ0) is 22.9. The van der Waals surface area contributed by atoms with Gasteiger partial charge in [0.25, 0.3) is 0 Å². The largest absolute Gasteiger partial charge is 0.508 e. The summed E-state index contributed by atoms with van der Waals surface area (Å²) >= 11 is 0. The van der Waals surface area contributed by atoms with Crippen molar-refractivity contribution >= 4 is 17.9 Å². The summed E-state index contributed by atoms with van der Waals surface area (Å²) in [5, 5.41) is 15.3. The van der Waals surface area contributed by atoms with Gasteiger partial charge in [-0.05, 0) is 58.7 Å². The number of alkyl carbamates (subject to hydrolysis) is 1. The van der Waals surface area contributed by atoms with Crippen molar-refractivity contribution in [1.29, 1.82) is 0 Å². The molecule has 0 aliphatic heterocycles. The summed E-state index contributed by atoms with van der Waals surface area (Å²) in [5.74, 6) is -0.765. The number of likely N-dealkylation sites (N-methyl/N-ethyl adjacent to an activating group) is 1. The van der Waals surface area contributed by atoms with Crippen LogP contribution in [0.15, 0.2) is 24.3 Å². The molecule has 8 heteroatoms. The number of nitrogens with zero attached hydrogens (tertiary/aromatic N) is 1. The lowest BCUT2D eigenvalue weighted by atomic mass is 10.0. The second kappa shape index (κ2) is 11.4. The summed E-state index contributed by atoms with van der Waals surface area (Å²) in [6, 6.07) is 4.44. The van der Waals surface area contributed by atoms with Crippen LogP contribution in [0.5, 0.6) is 5.75 Å². The maximum absolute atomic E-state index is 13.1.